The number of benzene rings is 2. The Balaban J connectivity index is 0.00000274. The predicted octanol–water partition coefficient (Wildman–Crippen LogP) is 3.10. The third kappa shape index (κ3) is 5.79. The molecular weight excluding hydrogens is 545 g/mol. The average Bonchev–Trinajstić information content (AvgIpc) is 3.55. The fraction of sp³-hybridized carbons (Fsp3) is 0.375. The highest BCUT2D eigenvalue weighted by Crippen LogP contribution is 2.32. The summed E-state index contributed by atoms with van der Waals surface area (Å²) in [5.74, 6) is 3.41. The van der Waals surface area contributed by atoms with Crippen LogP contribution in [0.5, 0.6) is 11.5 Å². The summed E-state index contributed by atoms with van der Waals surface area (Å²) in [4.78, 5) is 14.0. The van der Waals surface area contributed by atoms with E-state index in [9.17, 15) is 0 Å². The summed E-state index contributed by atoms with van der Waals surface area (Å²) in [6.07, 6.45) is 1.52. The Morgan fingerprint density at radius 1 is 1.06 bits per heavy atom. The van der Waals surface area contributed by atoms with Crippen molar-refractivity contribution < 1.29 is 9.47 Å². The highest BCUT2D eigenvalue weighted by Gasteiger charge is 2.21. The van der Waals surface area contributed by atoms with Crippen LogP contribution in [-0.4, -0.2) is 70.5 Å². The lowest BCUT2D eigenvalue weighted by atomic mass is 10.1. The smallest absolute Gasteiger partial charge is 0.231 e. The van der Waals surface area contributed by atoms with Crippen molar-refractivity contribution in [3.63, 3.8) is 0 Å². The molecule has 1 aromatic heterocycles. The summed E-state index contributed by atoms with van der Waals surface area (Å²) in [6, 6.07) is 14.5. The number of aromatic amines is 1. The van der Waals surface area contributed by atoms with Crippen molar-refractivity contribution in [1.29, 1.82) is 0 Å². The molecule has 0 aliphatic carbocycles. The molecule has 0 unspecified atom stereocenters. The molecule has 9 nitrogen and oxygen atoms in total. The van der Waals surface area contributed by atoms with Crippen molar-refractivity contribution in [1.82, 2.24) is 30.3 Å². The molecule has 3 heterocycles. The van der Waals surface area contributed by atoms with Crippen LogP contribution in [-0.2, 0) is 13.1 Å². The molecule has 0 spiro atoms. The topological polar surface area (TPSA) is 90.9 Å². The first-order valence-corrected chi connectivity index (χ1v) is 11.4. The number of piperazine rings is 1. The second-order valence-electron chi connectivity index (χ2n) is 8.16. The molecule has 2 aliphatic rings. The minimum atomic E-state index is 0. The van der Waals surface area contributed by atoms with Crippen LogP contribution in [0, 0.1) is 0 Å². The number of nitrogens with one attached hydrogen (secondary N) is 2. The minimum absolute atomic E-state index is 0. The Hall–Kier alpha value is -2.86. The van der Waals surface area contributed by atoms with Gasteiger partial charge >= 0.3 is 0 Å². The largest absolute Gasteiger partial charge is 0.454 e. The lowest BCUT2D eigenvalue weighted by Crippen LogP contribution is -2.52. The number of aromatic nitrogens is 3. The number of halogens is 1. The van der Waals surface area contributed by atoms with Gasteiger partial charge in [0.15, 0.2) is 23.3 Å². The van der Waals surface area contributed by atoms with Crippen LogP contribution in [0.4, 0.5) is 0 Å². The third-order valence-corrected chi connectivity index (χ3v) is 5.88. The number of rotatable bonds is 6. The molecule has 2 N–H and O–H groups in total. The molecule has 3 aromatic rings. The molecule has 0 bridgehead atoms. The first kappa shape index (κ1) is 24.3. The van der Waals surface area contributed by atoms with Crippen LogP contribution in [0.25, 0.3) is 11.4 Å². The normalized spacial score (nSPS) is 15.8. The Morgan fingerprint density at radius 2 is 1.91 bits per heavy atom. The molecular formula is C24H30IN7O2. The molecule has 10 heteroatoms. The van der Waals surface area contributed by atoms with E-state index in [0.717, 1.165) is 73.7 Å². The van der Waals surface area contributed by atoms with Crippen molar-refractivity contribution in [2.24, 2.45) is 4.99 Å². The van der Waals surface area contributed by atoms with E-state index < -0.39 is 0 Å². The summed E-state index contributed by atoms with van der Waals surface area (Å²) >= 11 is 0. The number of fused-ring (bicyclic) bond motifs is 1. The van der Waals surface area contributed by atoms with Gasteiger partial charge in [0, 0.05) is 44.8 Å². The zero-order chi connectivity index (χ0) is 22.5. The Bertz CT molecular complexity index is 1100. The number of nitrogens with zero attached hydrogens (tertiary/aromatic N) is 5. The Morgan fingerprint density at radius 3 is 2.71 bits per heavy atom. The number of aliphatic imine (C=N–C) groups is 1. The zero-order valence-electron chi connectivity index (χ0n) is 19.2. The Kier molecular flexibility index (Phi) is 8.22. The number of H-pyrrole nitrogens is 1. The maximum atomic E-state index is 5.51. The predicted molar refractivity (Wildman–Crippen MR) is 141 cm³/mol. The van der Waals surface area contributed by atoms with Gasteiger partial charge in [0.05, 0.1) is 6.54 Å². The van der Waals surface area contributed by atoms with E-state index in [0.29, 0.717) is 13.3 Å². The van der Waals surface area contributed by atoms with Crippen molar-refractivity contribution in [2.45, 2.75) is 20.0 Å². The van der Waals surface area contributed by atoms with Gasteiger partial charge in [-0.3, -0.25) is 10.00 Å². The summed E-state index contributed by atoms with van der Waals surface area (Å²) in [5.41, 5.74) is 3.41. The average molecular weight is 575 g/mol. The number of hydrogen-bond donors (Lipinski definition) is 2. The van der Waals surface area contributed by atoms with Gasteiger partial charge in [-0.05, 0) is 36.2 Å². The SMILES string of the molecule is CCNC(=NCc1cccc(-c2ncn[nH]2)c1)N1CCN(Cc2ccc3c(c2)OCO3)CC1.I. The maximum absolute atomic E-state index is 5.51. The zero-order valence-corrected chi connectivity index (χ0v) is 21.6. The lowest BCUT2D eigenvalue weighted by molar-refractivity contribution is 0.171. The first-order valence-electron chi connectivity index (χ1n) is 11.4. The number of hydrogen-bond acceptors (Lipinski definition) is 6. The van der Waals surface area contributed by atoms with Crippen LogP contribution in [0.15, 0.2) is 53.8 Å². The van der Waals surface area contributed by atoms with Crippen molar-refractivity contribution >= 4 is 29.9 Å². The van der Waals surface area contributed by atoms with Gasteiger partial charge in [0.1, 0.15) is 6.33 Å². The number of guanidine groups is 1. The number of ether oxygens (including phenoxy) is 2. The van der Waals surface area contributed by atoms with Crippen molar-refractivity contribution in [2.75, 3.05) is 39.5 Å². The van der Waals surface area contributed by atoms with Gasteiger partial charge < -0.3 is 19.7 Å². The summed E-state index contributed by atoms with van der Waals surface area (Å²) in [5, 5.41) is 10.3. The van der Waals surface area contributed by atoms with E-state index in [1.54, 1.807) is 0 Å². The molecule has 0 saturated carbocycles. The van der Waals surface area contributed by atoms with Crippen molar-refractivity contribution in [3.8, 4) is 22.9 Å². The highest BCUT2D eigenvalue weighted by atomic mass is 127. The van der Waals surface area contributed by atoms with Gasteiger partial charge in [-0.1, -0.05) is 24.3 Å². The van der Waals surface area contributed by atoms with Crippen LogP contribution in [0.2, 0.25) is 0 Å². The van der Waals surface area contributed by atoms with Crippen molar-refractivity contribution in [3.05, 3.63) is 59.9 Å². The fourth-order valence-corrected chi connectivity index (χ4v) is 4.17. The quantitative estimate of drug-likeness (QED) is 0.265. The second kappa shape index (κ2) is 11.5. The monoisotopic (exact) mass is 575 g/mol. The van der Waals surface area contributed by atoms with E-state index in [1.807, 2.05) is 18.2 Å². The summed E-state index contributed by atoms with van der Waals surface area (Å²) < 4.78 is 10.9. The van der Waals surface area contributed by atoms with Gasteiger partial charge in [0.25, 0.3) is 0 Å². The van der Waals surface area contributed by atoms with Gasteiger partial charge in [0.2, 0.25) is 6.79 Å². The maximum Gasteiger partial charge on any atom is 0.231 e. The van der Waals surface area contributed by atoms with E-state index in [1.165, 1.54) is 11.9 Å². The minimum Gasteiger partial charge on any atom is -0.454 e. The van der Waals surface area contributed by atoms with Gasteiger partial charge in [-0.25, -0.2) is 9.98 Å². The summed E-state index contributed by atoms with van der Waals surface area (Å²) in [6.45, 7) is 8.63. The van der Waals surface area contributed by atoms with E-state index >= 15 is 0 Å². The summed E-state index contributed by atoms with van der Waals surface area (Å²) in [7, 11) is 0. The highest BCUT2D eigenvalue weighted by molar-refractivity contribution is 14.0. The molecule has 0 radical (unpaired) electrons. The van der Waals surface area contributed by atoms with Crippen LogP contribution >= 0.6 is 24.0 Å². The first-order chi connectivity index (χ1) is 16.3. The van der Waals surface area contributed by atoms with E-state index in [4.69, 9.17) is 14.5 Å². The lowest BCUT2D eigenvalue weighted by Gasteiger charge is -2.36. The standard InChI is InChI=1S/C24H29N7O2.HI/c1-2-25-24(26-14-18-4-3-5-20(12-18)23-27-16-28-29-23)31-10-8-30(9-11-31)15-19-6-7-21-22(13-19)33-17-32-21;/h3-7,12-13,16H,2,8-11,14-15,17H2,1H3,(H,25,26)(H,27,28,29);1H. The van der Waals surface area contributed by atoms with Gasteiger partial charge in [-0.15, -0.1) is 24.0 Å². The van der Waals surface area contributed by atoms with Gasteiger partial charge in [-0.2, -0.15) is 5.10 Å². The second-order valence-corrected chi connectivity index (χ2v) is 8.16. The third-order valence-electron chi connectivity index (χ3n) is 5.88. The molecule has 0 atom stereocenters. The van der Waals surface area contributed by atoms with Crippen LogP contribution in [0.1, 0.15) is 18.1 Å². The molecule has 0 amide bonds. The molecule has 1 fully saturated rings. The Labute approximate surface area is 216 Å². The van der Waals surface area contributed by atoms with Crippen LogP contribution in [0.3, 0.4) is 0 Å². The van der Waals surface area contributed by atoms with Crippen LogP contribution < -0.4 is 14.8 Å². The van der Waals surface area contributed by atoms with E-state index in [2.05, 4.69) is 61.5 Å². The molecule has 2 aromatic carbocycles. The van der Waals surface area contributed by atoms with E-state index in [-0.39, 0.29) is 24.0 Å². The molecule has 180 valence electrons. The molecule has 5 rings (SSSR count). The molecule has 2 aliphatic heterocycles. The molecule has 1 saturated heterocycles. The fourth-order valence-electron chi connectivity index (χ4n) is 4.17. The molecule has 34 heavy (non-hydrogen) atoms.